The molecule has 0 saturated carbocycles. The normalized spacial score (nSPS) is 10.4. The van der Waals surface area contributed by atoms with Gasteiger partial charge in [-0.1, -0.05) is 26.8 Å². The third kappa shape index (κ3) is 2.67. The summed E-state index contributed by atoms with van der Waals surface area (Å²) in [6, 6.07) is 8.18. The minimum absolute atomic E-state index is 0.829. The molecule has 0 saturated heterocycles. The predicted molar refractivity (Wildman–Crippen MR) is 56.0 cm³/mol. The molecule has 0 aliphatic heterocycles. The Bertz CT molecular complexity index is 241. The topological polar surface area (TPSA) is 9.23 Å². The first-order chi connectivity index (χ1) is 5.86. The van der Waals surface area contributed by atoms with Gasteiger partial charge in [-0.15, -0.1) is 6.58 Å². The van der Waals surface area contributed by atoms with Crippen LogP contribution in [-0.2, 0) is 0 Å². The minimum atomic E-state index is 0.829. The van der Waals surface area contributed by atoms with Crippen LogP contribution < -0.4 is 10.0 Å². The van der Waals surface area contributed by atoms with Gasteiger partial charge in [0.05, 0.1) is 7.11 Å². The number of hydrogen-bond acceptors (Lipinski definition) is 1. The Balaban J connectivity index is 2.58. The summed E-state index contributed by atoms with van der Waals surface area (Å²) in [4.78, 5) is 0. The highest BCUT2D eigenvalue weighted by Gasteiger charge is 1.91. The molecule has 0 aromatic heterocycles. The van der Waals surface area contributed by atoms with E-state index in [2.05, 4.69) is 18.7 Å². The summed E-state index contributed by atoms with van der Waals surface area (Å²) < 4.78 is 5.06. The molecule has 1 aromatic carbocycles. The van der Waals surface area contributed by atoms with Gasteiger partial charge >= 0.3 is 0 Å². The molecule has 0 aliphatic rings. The lowest BCUT2D eigenvalue weighted by atomic mass is 10.3. The Hall–Kier alpha value is -0.810. The molecule has 1 nitrogen and oxygen atoms in total. The fourth-order valence-electron chi connectivity index (χ4n) is 0.899. The summed E-state index contributed by atoms with van der Waals surface area (Å²) in [5.41, 5.74) is 0. The molecule has 0 bridgehead atoms. The van der Waals surface area contributed by atoms with Crippen molar-refractivity contribution in [2.45, 2.75) is 0 Å². The maximum atomic E-state index is 5.06. The molecule has 0 aliphatic carbocycles. The van der Waals surface area contributed by atoms with E-state index in [4.69, 9.17) is 4.74 Å². The average molecular weight is 180 g/mol. The Labute approximate surface area is 75.2 Å². The van der Waals surface area contributed by atoms with E-state index in [-0.39, 0.29) is 0 Å². The highest BCUT2D eigenvalue weighted by molar-refractivity contribution is 7.47. The molecule has 1 rings (SSSR count). The molecule has 1 atom stereocenters. The Morgan fingerprint density at radius 3 is 2.58 bits per heavy atom. The molecule has 12 heavy (non-hydrogen) atoms. The second-order valence-corrected chi connectivity index (χ2v) is 3.74. The summed E-state index contributed by atoms with van der Waals surface area (Å²) >= 11 is 0. The highest BCUT2D eigenvalue weighted by atomic mass is 31.1. The van der Waals surface area contributed by atoms with Gasteiger partial charge < -0.3 is 4.74 Å². The average Bonchev–Trinajstić information content (AvgIpc) is 2.15. The Morgan fingerprint density at radius 2 is 2.08 bits per heavy atom. The Morgan fingerprint density at radius 1 is 1.42 bits per heavy atom. The largest absolute Gasteiger partial charge is 0.497 e. The van der Waals surface area contributed by atoms with E-state index < -0.39 is 0 Å². The first kappa shape index (κ1) is 9.28. The zero-order chi connectivity index (χ0) is 8.81. The SMILES string of the molecule is C=CCPc1ccc(OC)cc1. The quantitative estimate of drug-likeness (QED) is 0.509. The van der Waals surface area contributed by atoms with Gasteiger partial charge in [0, 0.05) is 0 Å². The lowest BCUT2D eigenvalue weighted by Gasteiger charge is -2.01. The zero-order valence-corrected chi connectivity index (χ0v) is 8.21. The van der Waals surface area contributed by atoms with Crippen LogP contribution in [0.4, 0.5) is 0 Å². The third-order valence-electron chi connectivity index (χ3n) is 1.54. The summed E-state index contributed by atoms with van der Waals surface area (Å²) in [5.74, 6) is 0.919. The fourth-order valence-corrected chi connectivity index (χ4v) is 1.68. The first-order valence-corrected chi connectivity index (χ1v) is 5.06. The second kappa shape index (κ2) is 4.95. The lowest BCUT2D eigenvalue weighted by molar-refractivity contribution is 0.415. The van der Waals surface area contributed by atoms with E-state index in [1.165, 1.54) is 5.30 Å². The van der Waals surface area contributed by atoms with Crippen LogP contribution in [0.15, 0.2) is 36.9 Å². The molecule has 0 heterocycles. The highest BCUT2D eigenvalue weighted by Crippen LogP contribution is 2.13. The lowest BCUT2D eigenvalue weighted by Crippen LogP contribution is -1.93. The van der Waals surface area contributed by atoms with Crippen molar-refractivity contribution < 1.29 is 4.74 Å². The van der Waals surface area contributed by atoms with Crippen molar-refractivity contribution in [1.29, 1.82) is 0 Å². The molecule has 1 aromatic rings. The Kier molecular flexibility index (Phi) is 3.83. The smallest absolute Gasteiger partial charge is 0.118 e. The number of methoxy groups -OCH3 is 1. The van der Waals surface area contributed by atoms with Gasteiger partial charge in [0.25, 0.3) is 0 Å². The molecular weight excluding hydrogens is 167 g/mol. The summed E-state index contributed by atoms with van der Waals surface area (Å²) in [6.07, 6.45) is 3.01. The molecule has 0 fully saturated rings. The molecule has 2 heteroatoms. The standard InChI is InChI=1S/C10H13OP/c1-3-8-12-10-6-4-9(11-2)5-7-10/h3-7,12H,1,8H2,2H3. The number of ether oxygens (including phenoxy) is 1. The van der Waals surface area contributed by atoms with E-state index >= 15 is 0 Å². The molecular formula is C10H13OP. The number of rotatable bonds is 4. The van der Waals surface area contributed by atoms with Crippen molar-refractivity contribution in [3.63, 3.8) is 0 Å². The van der Waals surface area contributed by atoms with Crippen molar-refractivity contribution >= 4 is 13.9 Å². The van der Waals surface area contributed by atoms with Crippen LogP contribution in [0.3, 0.4) is 0 Å². The molecule has 0 spiro atoms. The third-order valence-corrected chi connectivity index (χ3v) is 2.77. The van der Waals surface area contributed by atoms with Crippen molar-refractivity contribution in [1.82, 2.24) is 0 Å². The van der Waals surface area contributed by atoms with Crippen LogP contribution in [-0.4, -0.2) is 13.3 Å². The van der Waals surface area contributed by atoms with Crippen LogP contribution in [0.25, 0.3) is 0 Å². The zero-order valence-electron chi connectivity index (χ0n) is 7.21. The maximum Gasteiger partial charge on any atom is 0.118 e. The van der Waals surface area contributed by atoms with Crippen molar-refractivity contribution in [2.75, 3.05) is 13.3 Å². The summed E-state index contributed by atoms with van der Waals surface area (Å²) in [6.45, 7) is 3.69. The van der Waals surface area contributed by atoms with Gasteiger partial charge in [0.15, 0.2) is 0 Å². The predicted octanol–water partition coefficient (Wildman–Crippen LogP) is 2.19. The van der Waals surface area contributed by atoms with Gasteiger partial charge in [0.1, 0.15) is 5.75 Å². The van der Waals surface area contributed by atoms with E-state index in [0.717, 1.165) is 20.5 Å². The maximum absolute atomic E-state index is 5.06. The first-order valence-electron chi connectivity index (χ1n) is 3.85. The van der Waals surface area contributed by atoms with Crippen molar-refractivity contribution in [2.24, 2.45) is 0 Å². The van der Waals surface area contributed by atoms with E-state index in [0.29, 0.717) is 0 Å². The van der Waals surface area contributed by atoms with Gasteiger partial charge in [-0.05, 0) is 23.6 Å². The fraction of sp³-hybridized carbons (Fsp3) is 0.200. The molecule has 1 unspecified atom stereocenters. The van der Waals surface area contributed by atoms with Crippen molar-refractivity contribution in [3.05, 3.63) is 36.9 Å². The number of hydrogen-bond donors (Lipinski definition) is 0. The molecule has 64 valence electrons. The van der Waals surface area contributed by atoms with Gasteiger partial charge in [0.2, 0.25) is 0 Å². The molecule has 0 N–H and O–H groups in total. The van der Waals surface area contributed by atoms with Crippen LogP contribution in [0.2, 0.25) is 0 Å². The van der Waals surface area contributed by atoms with Crippen LogP contribution in [0, 0.1) is 0 Å². The number of allylic oxidation sites excluding steroid dienone is 1. The summed E-state index contributed by atoms with van der Waals surface area (Å²) in [5, 5.41) is 1.36. The van der Waals surface area contributed by atoms with E-state index in [1.807, 2.05) is 18.2 Å². The van der Waals surface area contributed by atoms with E-state index in [9.17, 15) is 0 Å². The van der Waals surface area contributed by atoms with Crippen LogP contribution in [0.5, 0.6) is 5.75 Å². The van der Waals surface area contributed by atoms with Crippen LogP contribution >= 0.6 is 8.58 Å². The van der Waals surface area contributed by atoms with E-state index in [1.54, 1.807) is 7.11 Å². The molecule has 0 radical (unpaired) electrons. The van der Waals surface area contributed by atoms with Crippen LogP contribution in [0.1, 0.15) is 0 Å². The van der Waals surface area contributed by atoms with Gasteiger partial charge in [-0.2, -0.15) is 0 Å². The second-order valence-electron chi connectivity index (χ2n) is 2.40. The minimum Gasteiger partial charge on any atom is -0.497 e. The van der Waals surface area contributed by atoms with Gasteiger partial charge in [-0.25, -0.2) is 0 Å². The van der Waals surface area contributed by atoms with Gasteiger partial charge in [-0.3, -0.25) is 0 Å². The monoisotopic (exact) mass is 180 g/mol. The number of benzene rings is 1. The summed E-state index contributed by atoms with van der Waals surface area (Å²) in [7, 11) is 2.51. The van der Waals surface area contributed by atoms with Crippen molar-refractivity contribution in [3.8, 4) is 5.75 Å². The molecule has 0 amide bonds.